The van der Waals surface area contributed by atoms with Crippen LogP contribution in [0.15, 0.2) is 18.2 Å². The van der Waals surface area contributed by atoms with Crippen LogP contribution in [-0.2, 0) is 11.3 Å². The van der Waals surface area contributed by atoms with Crippen molar-refractivity contribution in [2.45, 2.75) is 19.5 Å². The average molecular weight is 271 g/mol. The smallest absolute Gasteiger partial charge is 0.269 e. The largest absolute Gasteiger partial charge is 0.379 e. The summed E-state index contributed by atoms with van der Waals surface area (Å²) in [5.41, 5.74) is 0.870. The second-order valence-electron chi connectivity index (χ2n) is 4.43. The SMILES string of the molecule is CC1COCCN1Cc1cc([N+](=O)[O-])ccc1Cl. The van der Waals surface area contributed by atoms with Crippen molar-refractivity contribution in [2.24, 2.45) is 0 Å². The van der Waals surface area contributed by atoms with E-state index < -0.39 is 4.92 Å². The Morgan fingerprint density at radius 1 is 1.61 bits per heavy atom. The predicted octanol–water partition coefficient (Wildman–Crippen LogP) is 2.47. The van der Waals surface area contributed by atoms with Gasteiger partial charge in [-0.25, -0.2) is 0 Å². The van der Waals surface area contributed by atoms with E-state index in [1.54, 1.807) is 12.1 Å². The first kappa shape index (κ1) is 13.3. The van der Waals surface area contributed by atoms with Crippen molar-refractivity contribution in [1.82, 2.24) is 4.90 Å². The van der Waals surface area contributed by atoms with E-state index in [4.69, 9.17) is 16.3 Å². The number of hydrogen-bond acceptors (Lipinski definition) is 4. The van der Waals surface area contributed by atoms with Gasteiger partial charge in [0, 0.05) is 36.3 Å². The van der Waals surface area contributed by atoms with E-state index >= 15 is 0 Å². The molecule has 1 unspecified atom stereocenters. The molecule has 1 fully saturated rings. The number of rotatable bonds is 3. The normalized spacial score (nSPS) is 20.9. The van der Waals surface area contributed by atoms with Gasteiger partial charge >= 0.3 is 0 Å². The van der Waals surface area contributed by atoms with Gasteiger partial charge in [-0.05, 0) is 18.6 Å². The molecular weight excluding hydrogens is 256 g/mol. The number of nitro benzene ring substituents is 1. The van der Waals surface area contributed by atoms with Gasteiger partial charge in [-0.2, -0.15) is 0 Å². The number of nitro groups is 1. The highest BCUT2D eigenvalue weighted by molar-refractivity contribution is 6.31. The number of hydrogen-bond donors (Lipinski definition) is 0. The first-order valence-corrected chi connectivity index (χ1v) is 6.20. The van der Waals surface area contributed by atoms with Gasteiger partial charge in [0.05, 0.1) is 18.1 Å². The average Bonchev–Trinajstić information content (AvgIpc) is 2.34. The van der Waals surface area contributed by atoms with E-state index in [2.05, 4.69) is 11.8 Å². The van der Waals surface area contributed by atoms with Gasteiger partial charge < -0.3 is 4.74 Å². The highest BCUT2D eigenvalue weighted by Crippen LogP contribution is 2.24. The highest BCUT2D eigenvalue weighted by Gasteiger charge is 2.20. The predicted molar refractivity (Wildman–Crippen MR) is 68.8 cm³/mol. The molecule has 1 aromatic carbocycles. The lowest BCUT2D eigenvalue weighted by atomic mass is 10.1. The molecule has 0 spiro atoms. The van der Waals surface area contributed by atoms with Crippen molar-refractivity contribution in [3.63, 3.8) is 0 Å². The molecular formula is C12H15ClN2O3. The third-order valence-electron chi connectivity index (χ3n) is 3.12. The summed E-state index contributed by atoms with van der Waals surface area (Å²) < 4.78 is 5.36. The molecule has 5 nitrogen and oxygen atoms in total. The minimum atomic E-state index is -0.400. The Kier molecular flexibility index (Phi) is 4.16. The summed E-state index contributed by atoms with van der Waals surface area (Å²) in [6, 6.07) is 4.85. The van der Waals surface area contributed by atoms with Crippen molar-refractivity contribution in [3.05, 3.63) is 38.9 Å². The van der Waals surface area contributed by atoms with Gasteiger partial charge in [-0.15, -0.1) is 0 Å². The van der Waals surface area contributed by atoms with E-state index in [9.17, 15) is 10.1 Å². The maximum Gasteiger partial charge on any atom is 0.269 e. The molecule has 0 saturated carbocycles. The topological polar surface area (TPSA) is 55.6 Å². The number of ether oxygens (including phenoxy) is 1. The number of non-ortho nitro benzene ring substituents is 1. The van der Waals surface area contributed by atoms with Crippen LogP contribution in [0.3, 0.4) is 0 Å². The second kappa shape index (κ2) is 5.65. The Morgan fingerprint density at radius 2 is 2.39 bits per heavy atom. The van der Waals surface area contributed by atoms with Crippen LogP contribution in [0.2, 0.25) is 5.02 Å². The highest BCUT2D eigenvalue weighted by atomic mass is 35.5. The van der Waals surface area contributed by atoms with Crippen LogP contribution in [0.25, 0.3) is 0 Å². The Labute approximate surface area is 110 Å². The lowest BCUT2D eigenvalue weighted by molar-refractivity contribution is -0.384. The molecule has 1 saturated heterocycles. The molecule has 0 bridgehead atoms. The summed E-state index contributed by atoms with van der Waals surface area (Å²) in [5.74, 6) is 0. The molecule has 0 aromatic heterocycles. The monoisotopic (exact) mass is 270 g/mol. The summed E-state index contributed by atoms with van der Waals surface area (Å²) in [7, 11) is 0. The number of benzene rings is 1. The standard InChI is InChI=1S/C12H15ClN2O3/c1-9-8-18-5-4-14(9)7-10-6-11(15(16)17)2-3-12(10)13/h2-3,6,9H,4-5,7-8H2,1H3. The van der Waals surface area contributed by atoms with Crippen molar-refractivity contribution >= 4 is 17.3 Å². The summed E-state index contributed by atoms with van der Waals surface area (Å²) in [6.45, 7) is 4.89. The lowest BCUT2D eigenvalue weighted by Crippen LogP contribution is -2.42. The van der Waals surface area contributed by atoms with E-state index in [1.807, 2.05) is 0 Å². The Hall–Kier alpha value is -1.17. The van der Waals surface area contributed by atoms with Gasteiger partial charge in [0.2, 0.25) is 0 Å². The van der Waals surface area contributed by atoms with Gasteiger partial charge in [0.1, 0.15) is 0 Å². The zero-order chi connectivity index (χ0) is 13.1. The molecule has 1 atom stereocenters. The van der Waals surface area contributed by atoms with Crippen LogP contribution in [0.4, 0.5) is 5.69 Å². The first-order chi connectivity index (χ1) is 8.58. The third kappa shape index (κ3) is 2.98. The van der Waals surface area contributed by atoms with Crippen LogP contribution < -0.4 is 0 Å². The maximum atomic E-state index is 10.7. The first-order valence-electron chi connectivity index (χ1n) is 5.82. The fourth-order valence-corrected chi connectivity index (χ4v) is 2.19. The second-order valence-corrected chi connectivity index (χ2v) is 4.83. The molecule has 1 heterocycles. The van der Waals surface area contributed by atoms with Crippen molar-refractivity contribution < 1.29 is 9.66 Å². The van der Waals surface area contributed by atoms with Gasteiger partial charge in [0.15, 0.2) is 0 Å². The summed E-state index contributed by atoms with van der Waals surface area (Å²) in [5, 5.41) is 11.3. The van der Waals surface area contributed by atoms with Crippen molar-refractivity contribution in [1.29, 1.82) is 0 Å². The fraction of sp³-hybridized carbons (Fsp3) is 0.500. The molecule has 0 amide bonds. The minimum absolute atomic E-state index is 0.0790. The minimum Gasteiger partial charge on any atom is -0.379 e. The summed E-state index contributed by atoms with van der Waals surface area (Å²) in [4.78, 5) is 12.6. The quantitative estimate of drug-likeness (QED) is 0.625. The molecule has 98 valence electrons. The van der Waals surface area contributed by atoms with Gasteiger partial charge in [0.25, 0.3) is 5.69 Å². The van der Waals surface area contributed by atoms with Crippen LogP contribution in [-0.4, -0.2) is 35.6 Å². The van der Waals surface area contributed by atoms with Crippen molar-refractivity contribution in [3.8, 4) is 0 Å². The van der Waals surface area contributed by atoms with Gasteiger partial charge in [-0.3, -0.25) is 15.0 Å². The zero-order valence-electron chi connectivity index (χ0n) is 10.1. The number of halogens is 1. The Morgan fingerprint density at radius 3 is 3.06 bits per heavy atom. The van der Waals surface area contributed by atoms with Crippen molar-refractivity contribution in [2.75, 3.05) is 19.8 Å². The molecule has 18 heavy (non-hydrogen) atoms. The zero-order valence-corrected chi connectivity index (χ0v) is 10.9. The van der Waals surface area contributed by atoms with Crippen LogP contribution in [0.1, 0.15) is 12.5 Å². The Bertz CT molecular complexity index is 453. The lowest BCUT2D eigenvalue weighted by Gasteiger charge is -2.33. The molecule has 0 N–H and O–H groups in total. The molecule has 2 rings (SSSR count). The number of morpholine rings is 1. The van der Waals surface area contributed by atoms with E-state index in [1.165, 1.54) is 6.07 Å². The number of nitrogens with zero attached hydrogens (tertiary/aromatic N) is 2. The van der Waals surface area contributed by atoms with E-state index in [-0.39, 0.29) is 5.69 Å². The van der Waals surface area contributed by atoms with Crippen LogP contribution in [0.5, 0.6) is 0 Å². The van der Waals surface area contributed by atoms with Crippen LogP contribution in [0, 0.1) is 10.1 Å². The molecule has 1 aliphatic rings. The van der Waals surface area contributed by atoms with E-state index in [0.717, 1.165) is 12.1 Å². The molecule has 1 aromatic rings. The van der Waals surface area contributed by atoms with Crippen LogP contribution >= 0.6 is 11.6 Å². The Balaban J connectivity index is 2.17. The molecule has 0 radical (unpaired) electrons. The molecule has 6 heteroatoms. The third-order valence-corrected chi connectivity index (χ3v) is 3.49. The van der Waals surface area contributed by atoms with E-state index in [0.29, 0.717) is 30.8 Å². The summed E-state index contributed by atoms with van der Waals surface area (Å²) >= 11 is 6.09. The molecule has 1 aliphatic heterocycles. The maximum absolute atomic E-state index is 10.7. The molecule has 0 aliphatic carbocycles. The summed E-state index contributed by atoms with van der Waals surface area (Å²) in [6.07, 6.45) is 0. The van der Waals surface area contributed by atoms with Gasteiger partial charge in [-0.1, -0.05) is 11.6 Å². The fourth-order valence-electron chi connectivity index (χ4n) is 2.01.